The summed E-state index contributed by atoms with van der Waals surface area (Å²) in [5.41, 5.74) is 3.84. The van der Waals surface area contributed by atoms with Crippen LogP contribution in [0, 0.1) is 0 Å². The monoisotopic (exact) mass is 514 g/mol. The first-order valence-corrected chi connectivity index (χ1v) is 11.1. The molecule has 2 atom stereocenters. The summed E-state index contributed by atoms with van der Waals surface area (Å²) in [6.07, 6.45) is -3.23. The molecule has 0 radical (unpaired) electrons. The maximum absolute atomic E-state index is 12.9. The Balaban J connectivity index is 1.56. The minimum absolute atomic E-state index is 0.0143. The Hall–Kier alpha value is -3.66. The molecule has 4 rings (SSSR count). The summed E-state index contributed by atoms with van der Waals surface area (Å²) < 4.78 is 42.7. The van der Waals surface area contributed by atoms with Gasteiger partial charge in [0.05, 0.1) is 5.56 Å². The Morgan fingerprint density at radius 2 is 2.12 bits per heavy atom. The minimum atomic E-state index is -4.62. The molecule has 2 aliphatic heterocycles. The van der Waals surface area contributed by atoms with Gasteiger partial charge >= 0.3 is 12.1 Å². The van der Waals surface area contributed by atoms with Crippen LogP contribution in [0.25, 0.3) is 0 Å². The lowest BCUT2D eigenvalue weighted by Crippen LogP contribution is -2.70. The topological polar surface area (TPSA) is 160 Å². The number of rotatable bonds is 6. The number of carboxylic acid groups (broad SMARTS) is 1. The zero-order valence-corrected chi connectivity index (χ0v) is 18.3. The van der Waals surface area contributed by atoms with Crippen LogP contribution in [0.5, 0.6) is 5.75 Å². The van der Waals surface area contributed by atoms with Crippen LogP contribution >= 0.6 is 23.3 Å². The van der Waals surface area contributed by atoms with E-state index in [4.69, 9.17) is 10.6 Å². The van der Waals surface area contributed by atoms with Gasteiger partial charge in [-0.2, -0.15) is 22.5 Å². The van der Waals surface area contributed by atoms with Crippen molar-refractivity contribution in [2.24, 2.45) is 5.16 Å². The number of amides is 2. The number of thioether (sulfide) groups is 1. The maximum Gasteiger partial charge on any atom is 0.416 e. The Kier molecular flexibility index (Phi) is 6.18. The number of oxime groups is 1. The van der Waals surface area contributed by atoms with Crippen molar-refractivity contribution in [1.82, 2.24) is 19.6 Å². The van der Waals surface area contributed by atoms with E-state index in [9.17, 15) is 32.7 Å². The van der Waals surface area contributed by atoms with Crippen molar-refractivity contribution in [3.05, 3.63) is 47.4 Å². The van der Waals surface area contributed by atoms with Crippen molar-refractivity contribution in [2.45, 2.75) is 17.6 Å². The molecule has 3 heterocycles. The van der Waals surface area contributed by atoms with Gasteiger partial charge in [0.25, 0.3) is 11.8 Å². The summed E-state index contributed by atoms with van der Waals surface area (Å²) in [5, 5.41) is 14.6. The molecule has 4 N–H and O–H groups in total. The number of β-lactam (4-membered cyclic amide) rings is 1. The zero-order valence-electron chi connectivity index (χ0n) is 16.6. The molecule has 178 valence electrons. The number of carboxylic acids is 1. The molecule has 0 aliphatic carbocycles. The smallest absolute Gasteiger partial charge is 0.416 e. The lowest BCUT2D eigenvalue weighted by molar-refractivity contribution is -0.150. The number of nitrogens with one attached hydrogen (secondary N) is 1. The number of nitrogens with two attached hydrogens (primary N) is 1. The molecule has 34 heavy (non-hydrogen) atoms. The molecular formula is C18H13F3N6O5S2. The van der Waals surface area contributed by atoms with Crippen molar-refractivity contribution >= 4 is 51.9 Å². The molecule has 1 fully saturated rings. The van der Waals surface area contributed by atoms with Crippen LogP contribution in [-0.4, -0.2) is 60.0 Å². The van der Waals surface area contributed by atoms with Gasteiger partial charge in [-0.25, -0.2) is 4.79 Å². The Bertz CT molecular complexity index is 1230. The van der Waals surface area contributed by atoms with E-state index < -0.39 is 46.7 Å². The van der Waals surface area contributed by atoms with Crippen LogP contribution < -0.4 is 15.9 Å². The molecule has 1 aromatic carbocycles. The minimum Gasteiger partial charge on any atom is -0.477 e. The number of hydrogen-bond donors (Lipinski definition) is 3. The lowest BCUT2D eigenvalue weighted by Gasteiger charge is -2.48. The van der Waals surface area contributed by atoms with E-state index in [0.717, 1.165) is 28.6 Å². The summed E-state index contributed by atoms with van der Waals surface area (Å²) in [5.74, 6) is -3.15. The number of benzene rings is 1. The third kappa shape index (κ3) is 4.54. The van der Waals surface area contributed by atoms with Gasteiger partial charge in [-0.3, -0.25) is 14.5 Å². The number of alkyl halides is 3. The number of nitrogen functional groups attached to an aromatic ring is 1. The fourth-order valence-electron chi connectivity index (χ4n) is 3.09. The van der Waals surface area contributed by atoms with E-state index in [-0.39, 0.29) is 22.4 Å². The van der Waals surface area contributed by atoms with E-state index in [0.29, 0.717) is 11.8 Å². The van der Waals surface area contributed by atoms with Crippen LogP contribution in [-0.2, 0) is 20.6 Å². The number of hydrogen-bond acceptors (Lipinski definition) is 10. The zero-order chi connectivity index (χ0) is 24.6. The van der Waals surface area contributed by atoms with Crippen molar-refractivity contribution in [3.63, 3.8) is 0 Å². The summed E-state index contributed by atoms with van der Waals surface area (Å²) in [4.78, 5) is 46.6. The third-order valence-corrected chi connectivity index (χ3v) is 6.35. The predicted molar refractivity (Wildman–Crippen MR) is 114 cm³/mol. The van der Waals surface area contributed by atoms with E-state index in [1.165, 1.54) is 23.9 Å². The predicted octanol–water partition coefficient (Wildman–Crippen LogP) is 1.29. The van der Waals surface area contributed by atoms with Gasteiger partial charge in [-0.1, -0.05) is 11.2 Å². The molecule has 0 bridgehead atoms. The van der Waals surface area contributed by atoms with Crippen molar-refractivity contribution < 1.29 is 37.5 Å². The number of carbonyl (C=O) groups excluding carboxylic acids is 2. The van der Waals surface area contributed by atoms with Crippen LogP contribution in [0.2, 0.25) is 0 Å². The van der Waals surface area contributed by atoms with E-state index >= 15 is 0 Å². The van der Waals surface area contributed by atoms with E-state index in [1.54, 1.807) is 0 Å². The summed E-state index contributed by atoms with van der Waals surface area (Å²) in [7, 11) is 0. The highest BCUT2D eigenvalue weighted by atomic mass is 32.2. The van der Waals surface area contributed by atoms with Crippen LogP contribution in [0.15, 0.2) is 41.2 Å². The first-order chi connectivity index (χ1) is 16.1. The standard InChI is InChI=1S/C18H13F3N6O5S2/c19-18(20,21)7-2-1-3-8(6-7)32-25-10(12-24-17(22)34-26-12)13(28)23-11-14(29)27-9(16(30)31)4-5-33-15(11)27/h1-4,6,11,15H,5H2,(H,23,28)(H,30,31)(H2,22,24,26)/t11?,15-/m0/s1. The van der Waals surface area contributed by atoms with Gasteiger partial charge in [-0.15, -0.1) is 11.8 Å². The van der Waals surface area contributed by atoms with Gasteiger partial charge in [0, 0.05) is 17.3 Å². The summed E-state index contributed by atoms with van der Waals surface area (Å²) in [6.45, 7) is 0. The molecule has 2 aromatic rings. The Morgan fingerprint density at radius 1 is 1.35 bits per heavy atom. The average Bonchev–Trinajstić information content (AvgIpc) is 3.22. The normalized spacial score (nSPS) is 20.2. The molecule has 2 amide bonds. The molecule has 1 aromatic heterocycles. The van der Waals surface area contributed by atoms with E-state index in [2.05, 4.69) is 19.8 Å². The highest BCUT2D eigenvalue weighted by molar-refractivity contribution is 8.00. The molecule has 0 spiro atoms. The fourth-order valence-corrected chi connectivity index (χ4v) is 4.72. The first kappa shape index (κ1) is 23.5. The molecule has 11 nitrogen and oxygen atoms in total. The van der Waals surface area contributed by atoms with Crippen molar-refractivity contribution in [3.8, 4) is 5.75 Å². The highest BCUT2D eigenvalue weighted by Gasteiger charge is 2.53. The SMILES string of the molecule is Nc1nc(C(=NOc2cccc(C(F)(F)F)c2)C(=O)NC2C(=O)N3C(C(=O)O)=CCS[C@@H]23)ns1. The lowest BCUT2D eigenvalue weighted by atomic mass is 10.0. The number of fused-ring (bicyclic) bond motifs is 1. The van der Waals surface area contributed by atoms with Gasteiger partial charge in [0.2, 0.25) is 11.5 Å². The Morgan fingerprint density at radius 3 is 2.76 bits per heavy atom. The van der Waals surface area contributed by atoms with E-state index in [1.807, 2.05) is 0 Å². The number of carbonyl (C=O) groups is 3. The molecular weight excluding hydrogens is 501 g/mol. The number of aliphatic carboxylic acids is 1. The summed E-state index contributed by atoms with van der Waals surface area (Å²) >= 11 is 1.98. The van der Waals surface area contributed by atoms with Crippen LogP contribution in [0.4, 0.5) is 18.3 Å². The van der Waals surface area contributed by atoms with Crippen molar-refractivity contribution in [1.29, 1.82) is 0 Å². The highest BCUT2D eigenvalue weighted by Crippen LogP contribution is 2.37. The van der Waals surface area contributed by atoms with Gasteiger partial charge in [0.1, 0.15) is 17.1 Å². The quantitative estimate of drug-likeness (QED) is 0.293. The maximum atomic E-state index is 12.9. The number of aromatic nitrogens is 2. The second-order valence-corrected chi connectivity index (χ2v) is 8.72. The number of nitrogens with zero attached hydrogens (tertiary/aromatic N) is 4. The molecule has 16 heteroatoms. The second kappa shape index (κ2) is 8.94. The number of halogens is 3. The molecule has 0 saturated carbocycles. The molecule has 1 saturated heterocycles. The first-order valence-electron chi connectivity index (χ1n) is 9.27. The fraction of sp³-hybridized carbons (Fsp3) is 0.222. The van der Waals surface area contributed by atoms with Gasteiger partial charge in [-0.05, 0) is 24.3 Å². The molecule has 2 aliphatic rings. The van der Waals surface area contributed by atoms with Crippen molar-refractivity contribution in [2.75, 3.05) is 11.5 Å². The third-order valence-electron chi connectivity index (χ3n) is 4.62. The second-order valence-electron chi connectivity index (χ2n) is 6.79. The van der Waals surface area contributed by atoms with Gasteiger partial charge in [0.15, 0.2) is 10.9 Å². The Labute approximate surface area is 196 Å². The van der Waals surface area contributed by atoms with Crippen LogP contribution in [0.3, 0.4) is 0 Å². The molecule has 1 unspecified atom stereocenters. The number of anilines is 1. The van der Waals surface area contributed by atoms with Crippen LogP contribution in [0.1, 0.15) is 11.4 Å². The van der Waals surface area contributed by atoms with Gasteiger partial charge < -0.3 is 21.0 Å². The largest absolute Gasteiger partial charge is 0.477 e. The average molecular weight is 514 g/mol. The summed E-state index contributed by atoms with van der Waals surface area (Å²) in [6, 6.07) is 2.75.